The fourth-order valence-electron chi connectivity index (χ4n) is 2.07. The number of aryl methyl sites for hydroxylation is 3. The average molecular weight is 330 g/mol. The number of hydrogen-bond donors (Lipinski definition) is 2. The van der Waals surface area contributed by atoms with E-state index in [2.05, 4.69) is 9.71 Å². The molecule has 0 amide bonds. The molecule has 2 aromatic rings. The Kier molecular flexibility index (Phi) is 4.82. The van der Waals surface area contributed by atoms with Gasteiger partial charge in [-0.05, 0) is 20.3 Å². The van der Waals surface area contributed by atoms with Crippen LogP contribution in [0.15, 0.2) is 15.5 Å². The van der Waals surface area contributed by atoms with Gasteiger partial charge in [-0.2, -0.15) is 0 Å². The van der Waals surface area contributed by atoms with Crippen molar-refractivity contribution in [2.24, 2.45) is 0 Å². The van der Waals surface area contributed by atoms with Crippen molar-refractivity contribution in [3.05, 3.63) is 33.2 Å². The van der Waals surface area contributed by atoms with Gasteiger partial charge in [0.15, 0.2) is 0 Å². The van der Waals surface area contributed by atoms with E-state index in [4.69, 9.17) is 4.42 Å². The number of nitrogens with zero attached hydrogens (tertiary/aromatic N) is 1. The molecule has 2 heterocycles. The number of thiazole rings is 1. The van der Waals surface area contributed by atoms with Crippen molar-refractivity contribution < 1.29 is 17.9 Å². The SMILES string of the molecule is CCc1cnc(CNS(=O)(=O)c2c(C)oc(C)c2CO)s1. The number of rotatable bonds is 6. The normalized spacial score (nSPS) is 12.0. The van der Waals surface area contributed by atoms with Crippen LogP contribution in [0, 0.1) is 13.8 Å². The summed E-state index contributed by atoms with van der Waals surface area (Å²) in [5.74, 6) is 0.690. The first-order valence-electron chi connectivity index (χ1n) is 6.52. The molecule has 0 atom stereocenters. The molecule has 21 heavy (non-hydrogen) atoms. The third-order valence-electron chi connectivity index (χ3n) is 3.12. The summed E-state index contributed by atoms with van der Waals surface area (Å²) in [6, 6.07) is 0. The lowest BCUT2D eigenvalue weighted by atomic mass is 10.2. The molecule has 2 aromatic heterocycles. The zero-order valence-corrected chi connectivity index (χ0v) is 13.8. The summed E-state index contributed by atoms with van der Waals surface area (Å²) in [7, 11) is -3.75. The van der Waals surface area contributed by atoms with E-state index in [-0.39, 0.29) is 23.8 Å². The highest BCUT2D eigenvalue weighted by atomic mass is 32.2. The number of aromatic nitrogens is 1. The fourth-order valence-corrected chi connectivity index (χ4v) is 4.38. The molecular weight excluding hydrogens is 312 g/mol. The molecule has 0 bridgehead atoms. The van der Waals surface area contributed by atoms with Crippen LogP contribution in [0.3, 0.4) is 0 Å². The van der Waals surface area contributed by atoms with E-state index < -0.39 is 10.0 Å². The van der Waals surface area contributed by atoms with Crippen LogP contribution in [-0.2, 0) is 29.6 Å². The van der Waals surface area contributed by atoms with E-state index in [0.29, 0.717) is 16.3 Å². The predicted octanol–water partition coefficient (Wildman–Crippen LogP) is 1.89. The molecule has 0 saturated carbocycles. The summed E-state index contributed by atoms with van der Waals surface area (Å²) >= 11 is 1.48. The number of aliphatic hydroxyl groups excluding tert-OH is 1. The van der Waals surface area contributed by atoms with E-state index in [1.165, 1.54) is 11.3 Å². The molecule has 0 radical (unpaired) electrons. The molecular formula is C13H18N2O4S2. The summed E-state index contributed by atoms with van der Waals surface area (Å²) in [4.78, 5) is 5.30. The molecule has 6 nitrogen and oxygen atoms in total. The summed E-state index contributed by atoms with van der Waals surface area (Å²) in [6.07, 6.45) is 2.62. The zero-order chi connectivity index (χ0) is 15.6. The molecule has 116 valence electrons. The van der Waals surface area contributed by atoms with Gasteiger partial charge in [0, 0.05) is 16.6 Å². The van der Waals surface area contributed by atoms with Crippen molar-refractivity contribution in [1.82, 2.24) is 9.71 Å². The standard InChI is InChI=1S/C13H18N2O4S2/c1-4-10-5-14-12(20-10)6-15-21(17,18)13-9(3)19-8(2)11(13)7-16/h5,15-16H,4,6-7H2,1-3H3. The van der Waals surface area contributed by atoms with Crippen molar-refractivity contribution in [3.63, 3.8) is 0 Å². The van der Waals surface area contributed by atoms with Crippen LogP contribution in [-0.4, -0.2) is 18.5 Å². The molecule has 0 saturated heterocycles. The summed E-state index contributed by atoms with van der Waals surface area (Å²) in [5.41, 5.74) is 0.299. The van der Waals surface area contributed by atoms with Crippen molar-refractivity contribution in [2.75, 3.05) is 0 Å². The number of aliphatic hydroxyl groups is 1. The van der Waals surface area contributed by atoms with Gasteiger partial charge in [-0.15, -0.1) is 11.3 Å². The highest BCUT2D eigenvalue weighted by molar-refractivity contribution is 7.89. The lowest BCUT2D eigenvalue weighted by Crippen LogP contribution is -2.24. The Morgan fingerprint density at radius 3 is 2.67 bits per heavy atom. The highest BCUT2D eigenvalue weighted by Gasteiger charge is 2.26. The quantitative estimate of drug-likeness (QED) is 0.844. The van der Waals surface area contributed by atoms with Crippen LogP contribution in [0.2, 0.25) is 0 Å². The van der Waals surface area contributed by atoms with Crippen molar-refractivity contribution >= 4 is 21.4 Å². The number of hydrogen-bond acceptors (Lipinski definition) is 6. The summed E-state index contributed by atoms with van der Waals surface area (Å²) < 4.78 is 32.6. The topological polar surface area (TPSA) is 92.4 Å². The maximum atomic E-state index is 12.4. The van der Waals surface area contributed by atoms with Gasteiger partial charge in [-0.25, -0.2) is 18.1 Å². The maximum absolute atomic E-state index is 12.4. The Morgan fingerprint density at radius 1 is 1.38 bits per heavy atom. The van der Waals surface area contributed by atoms with Gasteiger partial charge in [0.1, 0.15) is 21.4 Å². The Hall–Kier alpha value is -1.22. The molecule has 2 N–H and O–H groups in total. The van der Waals surface area contributed by atoms with Crippen LogP contribution in [0.5, 0.6) is 0 Å². The second kappa shape index (κ2) is 6.27. The predicted molar refractivity (Wildman–Crippen MR) is 79.6 cm³/mol. The van der Waals surface area contributed by atoms with Crippen LogP contribution in [0.4, 0.5) is 0 Å². The lowest BCUT2D eigenvalue weighted by Gasteiger charge is -2.06. The zero-order valence-electron chi connectivity index (χ0n) is 12.1. The van der Waals surface area contributed by atoms with Gasteiger partial charge in [-0.1, -0.05) is 6.92 Å². The molecule has 0 aliphatic rings. The van der Waals surface area contributed by atoms with E-state index in [1.54, 1.807) is 20.0 Å². The highest BCUT2D eigenvalue weighted by Crippen LogP contribution is 2.26. The van der Waals surface area contributed by atoms with Crippen LogP contribution in [0.1, 0.15) is 33.9 Å². The number of furan rings is 1. The van der Waals surface area contributed by atoms with Gasteiger partial charge in [-0.3, -0.25) is 0 Å². The molecule has 0 aliphatic heterocycles. The Morgan fingerprint density at radius 2 is 2.10 bits per heavy atom. The maximum Gasteiger partial charge on any atom is 0.244 e. The van der Waals surface area contributed by atoms with Crippen LogP contribution >= 0.6 is 11.3 Å². The second-order valence-corrected chi connectivity index (χ2v) is 7.48. The van der Waals surface area contributed by atoms with Gasteiger partial charge < -0.3 is 9.52 Å². The molecule has 0 spiro atoms. The first kappa shape index (κ1) is 16.2. The smallest absolute Gasteiger partial charge is 0.244 e. The molecule has 2 rings (SSSR count). The van der Waals surface area contributed by atoms with E-state index in [0.717, 1.165) is 11.3 Å². The van der Waals surface area contributed by atoms with E-state index in [1.807, 2.05) is 6.92 Å². The van der Waals surface area contributed by atoms with Crippen LogP contribution < -0.4 is 4.72 Å². The molecule has 0 fully saturated rings. The van der Waals surface area contributed by atoms with Crippen molar-refractivity contribution in [3.8, 4) is 0 Å². The minimum absolute atomic E-state index is 0.0229. The van der Waals surface area contributed by atoms with Gasteiger partial charge in [0.2, 0.25) is 10.0 Å². The molecule has 0 aliphatic carbocycles. The largest absolute Gasteiger partial charge is 0.465 e. The molecule has 0 aromatic carbocycles. The van der Waals surface area contributed by atoms with Crippen LogP contribution in [0.25, 0.3) is 0 Å². The first-order valence-corrected chi connectivity index (χ1v) is 8.82. The van der Waals surface area contributed by atoms with Gasteiger partial charge >= 0.3 is 0 Å². The summed E-state index contributed by atoms with van der Waals surface area (Å²) in [6.45, 7) is 4.97. The summed E-state index contributed by atoms with van der Waals surface area (Å²) in [5, 5.41) is 10.0. The third kappa shape index (κ3) is 3.34. The monoisotopic (exact) mass is 330 g/mol. The van der Waals surface area contributed by atoms with E-state index in [9.17, 15) is 13.5 Å². The van der Waals surface area contributed by atoms with Gasteiger partial charge in [0.05, 0.1) is 13.2 Å². The minimum Gasteiger partial charge on any atom is -0.465 e. The Bertz CT molecular complexity index is 731. The number of sulfonamides is 1. The minimum atomic E-state index is -3.75. The Labute approximate surface area is 127 Å². The lowest BCUT2D eigenvalue weighted by molar-refractivity contribution is 0.276. The molecule has 0 unspecified atom stereocenters. The first-order chi connectivity index (χ1) is 9.89. The second-order valence-electron chi connectivity index (χ2n) is 4.58. The van der Waals surface area contributed by atoms with Crippen molar-refractivity contribution in [2.45, 2.75) is 45.2 Å². The van der Waals surface area contributed by atoms with E-state index >= 15 is 0 Å². The fraction of sp³-hybridized carbons (Fsp3) is 0.462. The Balaban J connectivity index is 2.22. The average Bonchev–Trinajstić information content (AvgIpc) is 3.00. The van der Waals surface area contributed by atoms with Gasteiger partial charge in [0.25, 0.3) is 0 Å². The van der Waals surface area contributed by atoms with Crippen molar-refractivity contribution in [1.29, 1.82) is 0 Å². The number of nitrogens with one attached hydrogen (secondary N) is 1. The molecule has 8 heteroatoms. The third-order valence-corrected chi connectivity index (χ3v) is 5.85.